The van der Waals surface area contributed by atoms with E-state index in [0.717, 1.165) is 0 Å². The highest BCUT2D eigenvalue weighted by molar-refractivity contribution is 7.84. The van der Waals surface area contributed by atoms with Crippen LogP contribution in [-0.2, 0) is 21.0 Å². The maximum absolute atomic E-state index is 14.6. The van der Waals surface area contributed by atoms with Crippen molar-refractivity contribution in [2.75, 3.05) is 11.9 Å². The standard InChI is InChI=1S/C20H21ClFN5O5S/c21-18-2-1-14(32-18)9-27-4-3-13(8-27)19(28)15-7-24-11-25-20(15)26-17-6-12(5-16(17)22)10-31-33(23,29)30/h1-4,7-8,11-12,16-17H,5-6,9-10H2,(H2,23,29,30)(H,24,25,26)/t12-,16+,17-/m1/s1. The van der Waals surface area contributed by atoms with Crippen molar-refractivity contribution in [3.63, 3.8) is 0 Å². The third-order valence-electron chi connectivity index (χ3n) is 5.31. The number of nitrogens with two attached hydrogens (primary N) is 1. The van der Waals surface area contributed by atoms with Gasteiger partial charge in [0.2, 0.25) is 0 Å². The summed E-state index contributed by atoms with van der Waals surface area (Å²) >= 11 is 5.79. The second-order valence-electron chi connectivity index (χ2n) is 7.77. The minimum absolute atomic E-state index is 0.0984. The minimum atomic E-state index is -4.09. The van der Waals surface area contributed by atoms with E-state index in [-0.39, 0.29) is 47.8 Å². The summed E-state index contributed by atoms with van der Waals surface area (Å²) in [5.41, 5.74) is 0.584. The fourth-order valence-electron chi connectivity index (χ4n) is 3.79. The van der Waals surface area contributed by atoms with Crippen LogP contribution in [0.3, 0.4) is 0 Å². The van der Waals surface area contributed by atoms with Crippen LogP contribution >= 0.6 is 11.6 Å². The molecule has 3 heterocycles. The highest BCUT2D eigenvalue weighted by atomic mass is 35.5. The molecule has 0 spiro atoms. The summed E-state index contributed by atoms with van der Waals surface area (Å²) in [5.74, 6) is 0.148. The zero-order valence-corrected chi connectivity index (χ0v) is 18.8. The number of hydrogen-bond donors (Lipinski definition) is 2. The maximum atomic E-state index is 14.6. The Morgan fingerprint density at radius 1 is 1.36 bits per heavy atom. The van der Waals surface area contributed by atoms with Crippen molar-refractivity contribution in [2.45, 2.75) is 31.6 Å². The molecule has 1 fully saturated rings. The number of halogens is 2. The molecule has 1 saturated carbocycles. The van der Waals surface area contributed by atoms with Crippen LogP contribution < -0.4 is 10.5 Å². The Kier molecular flexibility index (Phi) is 6.79. The minimum Gasteiger partial charge on any atom is -0.448 e. The van der Waals surface area contributed by atoms with Gasteiger partial charge in [0.05, 0.1) is 24.8 Å². The van der Waals surface area contributed by atoms with E-state index < -0.39 is 22.5 Å². The van der Waals surface area contributed by atoms with E-state index >= 15 is 0 Å². The number of furan rings is 1. The lowest BCUT2D eigenvalue weighted by Gasteiger charge is -2.17. The second kappa shape index (κ2) is 9.59. The molecule has 3 N–H and O–H groups in total. The summed E-state index contributed by atoms with van der Waals surface area (Å²) in [6, 6.07) is 4.36. The first-order chi connectivity index (χ1) is 15.7. The van der Waals surface area contributed by atoms with Crippen molar-refractivity contribution in [3.8, 4) is 0 Å². The summed E-state index contributed by atoms with van der Waals surface area (Å²) < 4.78 is 48.2. The quantitative estimate of drug-likeness (QED) is 0.429. The van der Waals surface area contributed by atoms with Gasteiger partial charge in [0.25, 0.3) is 0 Å². The smallest absolute Gasteiger partial charge is 0.333 e. The molecule has 0 bridgehead atoms. The molecule has 0 radical (unpaired) electrons. The van der Waals surface area contributed by atoms with E-state index in [1.807, 2.05) is 0 Å². The first-order valence-corrected chi connectivity index (χ1v) is 11.9. The summed E-state index contributed by atoms with van der Waals surface area (Å²) in [7, 11) is -4.09. The van der Waals surface area contributed by atoms with Gasteiger partial charge < -0.3 is 14.3 Å². The molecule has 0 unspecified atom stereocenters. The predicted molar refractivity (Wildman–Crippen MR) is 117 cm³/mol. The number of carbonyl (C=O) groups excluding carboxylic acids is 1. The fraction of sp³-hybridized carbons (Fsp3) is 0.350. The van der Waals surface area contributed by atoms with Crippen molar-refractivity contribution in [2.24, 2.45) is 11.1 Å². The third-order valence-corrected chi connectivity index (χ3v) is 5.98. The molecule has 10 nitrogen and oxygen atoms in total. The molecule has 0 saturated heterocycles. The molecular weight excluding hydrogens is 477 g/mol. The molecule has 3 atom stereocenters. The number of nitrogens with one attached hydrogen (secondary N) is 1. The van der Waals surface area contributed by atoms with Gasteiger partial charge in [-0.1, -0.05) is 0 Å². The van der Waals surface area contributed by atoms with E-state index in [1.165, 1.54) is 12.5 Å². The van der Waals surface area contributed by atoms with Crippen LogP contribution in [0.5, 0.6) is 0 Å². The zero-order valence-electron chi connectivity index (χ0n) is 17.2. The van der Waals surface area contributed by atoms with Gasteiger partial charge in [-0.3, -0.25) is 8.98 Å². The van der Waals surface area contributed by atoms with Crippen LogP contribution in [0.2, 0.25) is 5.22 Å². The largest absolute Gasteiger partial charge is 0.448 e. The Morgan fingerprint density at radius 2 is 2.18 bits per heavy atom. The molecule has 0 aliphatic heterocycles. The molecule has 4 rings (SSSR count). The Morgan fingerprint density at radius 3 is 2.91 bits per heavy atom. The number of carbonyl (C=O) groups is 1. The van der Waals surface area contributed by atoms with Crippen molar-refractivity contribution in [3.05, 3.63) is 65.2 Å². The van der Waals surface area contributed by atoms with Gasteiger partial charge in [-0.15, -0.1) is 0 Å². The van der Waals surface area contributed by atoms with Gasteiger partial charge in [0, 0.05) is 24.2 Å². The lowest BCUT2D eigenvalue weighted by atomic mass is 10.1. The van der Waals surface area contributed by atoms with Gasteiger partial charge in [-0.05, 0) is 48.6 Å². The monoisotopic (exact) mass is 497 g/mol. The Hall–Kier alpha value is -2.80. The molecule has 0 aromatic carbocycles. The molecule has 1 aliphatic carbocycles. The Labute approximate surface area is 194 Å². The maximum Gasteiger partial charge on any atom is 0.333 e. The second-order valence-corrected chi connectivity index (χ2v) is 9.37. The molecule has 1 aliphatic rings. The topological polar surface area (TPSA) is 142 Å². The van der Waals surface area contributed by atoms with Crippen molar-refractivity contribution in [1.82, 2.24) is 14.5 Å². The number of alkyl halides is 1. The number of hydrogen-bond acceptors (Lipinski definition) is 8. The predicted octanol–water partition coefficient (Wildman–Crippen LogP) is 2.55. The highest BCUT2D eigenvalue weighted by Gasteiger charge is 2.36. The highest BCUT2D eigenvalue weighted by Crippen LogP contribution is 2.32. The van der Waals surface area contributed by atoms with Crippen molar-refractivity contribution >= 4 is 33.5 Å². The molecule has 33 heavy (non-hydrogen) atoms. The van der Waals surface area contributed by atoms with E-state index in [0.29, 0.717) is 17.9 Å². The average molecular weight is 498 g/mol. The number of nitrogens with zero attached hydrogens (tertiary/aromatic N) is 3. The summed E-state index contributed by atoms with van der Waals surface area (Å²) in [6.07, 6.45) is 5.12. The van der Waals surface area contributed by atoms with E-state index in [4.69, 9.17) is 21.2 Å². The van der Waals surface area contributed by atoms with Crippen molar-refractivity contribution in [1.29, 1.82) is 0 Å². The molecule has 176 valence electrons. The Balaban J connectivity index is 1.45. The lowest BCUT2D eigenvalue weighted by molar-refractivity contribution is 0.103. The molecule has 3 aromatic rings. The molecule has 13 heteroatoms. The first-order valence-electron chi connectivity index (χ1n) is 10.0. The van der Waals surface area contributed by atoms with E-state index in [9.17, 15) is 17.6 Å². The zero-order chi connectivity index (χ0) is 23.6. The fourth-order valence-corrected chi connectivity index (χ4v) is 4.34. The van der Waals surface area contributed by atoms with E-state index in [1.54, 1.807) is 35.2 Å². The summed E-state index contributed by atoms with van der Waals surface area (Å²) in [6.45, 7) is 0.186. The van der Waals surface area contributed by atoms with Crippen LogP contribution in [0.15, 0.2) is 47.5 Å². The SMILES string of the molecule is NS(=O)(=O)OC[C@@H]1C[C@H](F)[C@H](Nc2ncncc2C(=O)c2ccn(Cc3ccc(Cl)o3)c2)C1. The van der Waals surface area contributed by atoms with E-state index in [2.05, 4.69) is 19.5 Å². The molecule has 3 aromatic heterocycles. The average Bonchev–Trinajstić information content (AvgIpc) is 3.47. The summed E-state index contributed by atoms with van der Waals surface area (Å²) in [4.78, 5) is 21.1. The van der Waals surface area contributed by atoms with Gasteiger partial charge >= 0.3 is 10.3 Å². The van der Waals surface area contributed by atoms with Crippen LogP contribution in [0.4, 0.5) is 10.2 Å². The van der Waals surface area contributed by atoms with Crippen LogP contribution in [0.1, 0.15) is 34.5 Å². The summed E-state index contributed by atoms with van der Waals surface area (Å²) in [5, 5.41) is 8.08. The van der Waals surface area contributed by atoms with Gasteiger partial charge in [-0.2, -0.15) is 8.42 Å². The normalized spacial score (nSPS) is 20.8. The molecule has 0 amide bonds. The van der Waals surface area contributed by atoms with Crippen LogP contribution in [0.25, 0.3) is 0 Å². The first kappa shape index (κ1) is 23.4. The lowest BCUT2D eigenvalue weighted by Crippen LogP contribution is -2.27. The number of aromatic nitrogens is 3. The third kappa shape index (κ3) is 5.96. The van der Waals surface area contributed by atoms with Crippen LogP contribution in [-0.4, -0.2) is 47.6 Å². The Bertz CT molecular complexity index is 1250. The van der Waals surface area contributed by atoms with Crippen molar-refractivity contribution < 1.29 is 26.2 Å². The number of anilines is 1. The van der Waals surface area contributed by atoms with Gasteiger partial charge in [-0.25, -0.2) is 19.5 Å². The van der Waals surface area contributed by atoms with Gasteiger partial charge in [0.15, 0.2) is 11.0 Å². The van der Waals surface area contributed by atoms with Gasteiger partial charge in [0.1, 0.15) is 24.1 Å². The van der Waals surface area contributed by atoms with Crippen LogP contribution in [0, 0.1) is 5.92 Å². The number of ketones is 1. The number of rotatable bonds is 9. The molecular formula is C20H21ClFN5O5S.